The van der Waals surface area contributed by atoms with Gasteiger partial charge in [0.2, 0.25) is 0 Å². The molecule has 0 aliphatic carbocycles. The molecule has 5 nitrogen and oxygen atoms in total. The number of hydrogen-bond donors (Lipinski definition) is 1. The molecular weight excluding hydrogens is 265 g/mol. The van der Waals surface area contributed by atoms with Crippen LogP contribution in [-0.2, 0) is 14.3 Å². The molecule has 1 aromatic carbocycles. The Bertz CT molecular complexity index is 469. The minimum Gasteiger partial charge on any atom is -0.452 e. The van der Waals surface area contributed by atoms with Crippen molar-refractivity contribution in [2.24, 2.45) is 0 Å². The van der Waals surface area contributed by atoms with Crippen LogP contribution in [0.4, 0.5) is 4.39 Å². The molecular formula is C14H16FNO4. The van der Waals surface area contributed by atoms with E-state index in [2.05, 4.69) is 5.32 Å². The molecule has 1 aliphatic rings. The van der Waals surface area contributed by atoms with Crippen LogP contribution in [0.25, 0.3) is 0 Å². The van der Waals surface area contributed by atoms with Gasteiger partial charge >= 0.3 is 5.97 Å². The van der Waals surface area contributed by atoms with Gasteiger partial charge in [0.05, 0.1) is 11.7 Å². The fourth-order valence-electron chi connectivity index (χ4n) is 1.88. The van der Waals surface area contributed by atoms with E-state index in [-0.39, 0.29) is 24.2 Å². The second-order valence-corrected chi connectivity index (χ2v) is 4.52. The van der Waals surface area contributed by atoms with Crippen molar-refractivity contribution >= 4 is 11.9 Å². The lowest BCUT2D eigenvalue weighted by atomic mass is 10.2. The number of amides is 1. The van der Waals surface area contributed by atoms with Crippen LogP contribution in [0.2, 0.25) is 0 Å². The molecule has 0 unspecified atom stereocenters. The number of ether oxygens (including phenoxy) is 2. The van der Waals surface area contributed by atoms with E-state index in [1.807, 2.05) is 0 Å². The number of benzene rings is 1. The molecule has 1 aliphatic heterocycles. The number of halogens is 1. The minimum absolute atomic E-state index is 0.0479. The number of nitrogens with one attached hydrogen (secondary N) is 1. The molecule has 0 bridgehead atoms. The first-order chi connectivity index (χ1) is 9.65. The fourth-order valence-corrected chi connectivity index (χ4v) is 1.88. The van der Waals surface area contributed by atoms with E-state index in [9.17, 15) is 14.0 Å². The summed E-state index contributed by atoms with van der Waals surface area (Å²) < 4.78 is 22.9. The second-order valence-electron chi connectivity index (χ2n) is 4.52. The highest BCUT2D eigenvalue weighted by Crippen LogP contribution is 2.10. The van der Waals surface area contributed by atoms with Gasteiger partial charge in [-0.25, -0.2) is 9.18 Å². The Labute approximate surface area is 116 Å². The Kier molecular flexibility index (Phi) is 5.06. The van der Waals surface area contributed by atoms with E-state index in [1.54, 1.807) is 0 Å². The monoisotopic (exact) mass is 281 g/mol. The van der Waals surface area contributed by atoms with Gasteiger partial charge in [-0.1, -0.05) is 0 Å². The molecule has 2 rings (SSSR count). The van der Waals surface area contributed by atoms with Crippen LogP contribution < -0.4 is 5.32 Å². The van der Waals surface area contributed by atoms with Crippen molar-refractivity contribution in [3.8, 4) is 0 Å². The Balaban J connectivity index is 1.69. The summed E-state index contributed by atoms with van der Waals surface area (Å²) >= 11 is 0. The van der Waals surface area contributed by atoms with Crippen molar-refractivity contribution < 1.29 is 23.5 Å². The van der Waals surface area contributed by atoms with Gasteiger partial charge < -0.3 is 14.8 Å². The summed E-state index contributed by atoms with van der Waals surface area (Å²) in [6, 6.07) is 4.94. The molecule has 0 saturated carbocycles. The van der Waals surface area contributed by atoms with Gasteiger partial charge in [0, 0.05) is 13.2 Å². The molecule has 1 N–H and O–H groups in total. The van der Waals surface area contributed by atoms with Crippen molar-refractivity contribution in [2.75, 3.05) is 19.8 Å². The molecule has 1 atom stereocenters. The van der Waals surface area contributed by atoms with Crippen LogP contribution in [0.15, 0.2) is 24.3 Å². The zero-order valence-electron chi connectivity index (χ0n) is 10.9. The lowest BCUT2D eigenvalue weighted by Crippen LogP contribution is -2.34. The summed E-state index contributed by atoms with van der Waals surface area (Å²) in [6.07, 6.45) is 1.97. The first kappa shape index (κ1) is 14.5. The highest BCUT2D eigenvalue weighted by molar-refractivity contribution is 5.91. The van der Waals surface area contributed by atoms with Gasteiger partial charge in [0.15, 0.2) is 6.61 Å². The Hall–Kier alpha value is -1.95. The summed E-state index contributed by atoms with van der Waals surface area (Å²) in [5.74, 6) is -1.47. The van der Waals surface area contributed by atoms with Gasteiger partial charge in [0.25, 0.3) is 5.91 Å². The molecule has 108 valence electrons. The van der Waals surface area contributed by atoms with Gasteiger partial charge in [-0.05, 0) is 37.1 Å². The quantitative estimate of drug-likeness (QED) is 0.826. The number of carbonyl (C=O) groups excluding carboxylic acids is 2. The van der Waals surface area contributed by atoms with Crippen LogP contribution >= 0.6 is 0 Å². The number of rotatable bonds is 5. The van der Waals surface area contributed by atoms with Crippen LogP contribution in [0, 0.1) is 5.82 Å². The number of hydrogen-bond acceptors (Lipinski definition) is 4. The Morgan fingerprint density at radius 3 is 2.75 bits per heavy atom. The molecule has 20 heavy (non-hydrogen) atoms. The van der Waals surface area contributed by atoms with Crippen molar-refractivity contribution in [1.82, 2.24) is 5.32 Å². The zero-order chi connectivity index (χ0) is 14.4. The molecule has 6 heteroatoms. The van der Waals surface area contributed by atoms with E-state index in [1.165, 1.54) is 12.1 Å². The van der Waals surface area contributed by atoms with E-state index >= 15 is 0 Å². The fraction of sp³-hybridized carbons (Fsp3) is 0.429. The second kappa shape index (κ2) is 7.00. The van der Waals surface area contributed by atoms with Crippen molar-refractivity contribution in [1.29, 1.82) is 0 Å². The average molecular weight is 281 g/mol. The lowest BCUT2D eigenvalue weighted by molar-refractivity contribution is -0.124. The summed E-state index contributed by atoms with van der Waals surface area (Å²) in [5.41, 5.74) is 0.207. The van der Waals surface area contributed by atoms with E-state index < -0.39 is 11.8 Å². The predicted octanol–water partition coefficient (Wildman–Crippen LogP) is 1.28. The van der Waals surface area contributed by atoms with Gasteiger partial charge in [-0.3, -0.25) is 4.79 Å². The lowest BCUT2D eigenvalue weighted by Gasteiger charge is -2.10. The zero-order valence-corrected chi connectivity index (χ0v) is 10.9. The third-order valence-corrected chi connectivity index (χ3v) is 2.97. The Morgan fingerprint density at radius 1 is 1.35 bits per heavy atom. The molecule has 0 radical (unpaired) electrons. The summed E-state index contributed by atoms with van der Waals surface area (Å²) in [4.78, 5) is 23.1. The van der Waals surface area contributed by atoms with Crippen LogP contribution in [0.1, 0.15) is 23.2 Å². The van der Waals surface area contributed by atoms with Crippen LogP contribution in [0.5, 0.6) is 0 Å². The maximum Gasteiger partial charge on any atom is 0.338 e. The van der Waals surface area contributed by atoms with Crippen molar-refractivity contribution in [3.63, 3.8) is 0 Å². The van der Waals surface area contributed by atoms with Gasteiger partial charge in [-0.2, -0.15) is 0 Å². The third kappa shape index (κ3) is 4.31. The SMILES string of the molecule is O=C(COC(=O)c1ccc(F)cc1)NC[C@H]1CCCO1. The molecule has 1 fully saturated rings. The third-order valence-electron chi connectivity index (χ3n) is 2.97. The van der Waals surface area contributed by atoms with Crippen LogP contribution in [-0.4, -0.2) is 37.7 Å². The number of esters is 1. The highest BCUT2D eigenvalue weighted by atomic mass is 19.1. The average Bonchev–Trinajstić information content (AvgIpc) is 2.96. The standard InChI is InChI=1S/C14H16FNO4/c15-11-5-3-10(4-6-11)14(18)20-9-13(17)16-8-12-2-1-7-19-12/h3-6,12H,1-2,7-9H2,(H,16,17)/t12-/m1/s1. The topological polar surface area (TPSA) is 64.6 Å². The van der Waals surface area contributed by atoms with Crippen molar-refractivity contribution in [3.05, 3.63) is 35.6 Å². The maximum atomic E-state index is 12.7. The summed E-state index contributed by atoms with van der Waals surface area (Å²) in [6.45, 7) is 0.788. The molecule has 0 spiro atoms. The molecule has 1 aromatic rings. The first-order valence-electron chi connectivity index (χ1n) is 6.46. The van der Waals surface area contributed by atoms with E-state index in [0.717, 1.165) is 31.6 Å². The molecule has 1 heterocycles. The van der Waals surface area contributed by atoms with E-state index in [0.29, 0.717) is 6.54 Å². The minimum atomic E-state index is -0.655. The summed E-state index contributed by atoms with van der Waals surface area (Å²) in [7, 11) is 0. The smallest absolute Gasteiger partial charge is 0.338 e. The van der Waals surface area contributed by atoms with Gasteiger partial charge in [-0.15, -0.1) is 0 Å². The highest BCUT2D eigenvalue weighted by Gasteiger charge is 2.16. The molecule has 1 saturated heterocycles. The molecule has 0 aromatic heterocycles. The maximum absolute atomic E-state index is 12.7. The predicted molar refractivity (Wildman–Crippen MR) is 68.7 cm³/mol. The van der Waals surface area contributed by atoms with Crippen LogP contribution in [0.3, 0.4) is 0 Å². The van der Waals surface area contributed by atoms with Crippen molar-refractivity contribution in [2.45, 2.75) is 18.9 Å². The van der Waals surface area contributed by atoms with Gasteiger partial charge in [0.1, 0.15) is 5.82 Å². The number of carbonyl (C=O) groups is 2. The molecule has 1 amide bonds. The summed E-state index contributed by atoms with van der Waals surface area (Å²) in [5, 5.41) is 2.64. The largest absolute Gasteiger partial charge is 0.452 e. The first-order valence-corrected chi connectivity index (χ1v) is 6.46. The van der Waals surface area contributed by atoms with E-state index in [4.69, 9.17) is 9.47 Å². The Morgan fingerprint density at radius 2 is 2.10 bits per heavy atom. The normalized spacial score (nSPS) is 17.8.